The van der Waals surface area contributed by atoms with Gasteiger partial charge in [-0.3, -0.25) is 0 Å². The van der Waals surface area contributed by atoms with E-state index in [1.165, 1.54) is 14.9 Å². The second-order valence-electron chi connectivity index (χ2n) is 6.59. The van der Waals surface area contributed by atoms with Crippen LogP contribution in [0.5, 0.6) is 5.88 Å². The Kier molecular flexibility index (Phi) is 4.52. The lowest BCUT2D eigenvalue weighted by Crippen LogP contribution is -2.23. The number of ether oxygens (including phenoxy) is 1. The van der Waals surface area contributed by atoms with Gasteiger partial charge in [0.1, 0.15) is 6.61 Å². The number of tetrazole rings is 1. The van der Waals surface area contributed by atoms with E-state index in [4.69, 9.17) is 4.74 Å². The fraction of sp³-hybridized carbons (Fsp3) is 0.200. The molecule has 0 saturated carbocycles. The van der Waals surface area contributed by atoms with Gasteiger partial charge in [-0.1, -0.05) is 29.8 Å². The van der Waals surface area contributed by atoms with E-state index in [-0.39, 0.29) is 12.3 Å². The third-order valence-corrected chi connectivity index (χ3v) is 4.56. The molecule has 4 aromatic rings. The first kappa shape index (κ1) is 17.7. The summed E-state index contributed by atoms with van der Waals surface area (Å²) < 4.78 is 10.1. The normalized spacial score (nSPS) is 11.0. The molecule has 0 N–H and O–H groups in total. The van der Waals surface area contributed by atoms with Gasteiger partial charge >= 0.3 is 5.69 Å². The molecule has 0 bridgehead atoms. The zero-order valence-corrected chi connectivity index (χ0v) is 15.9. The maximum Gasteiger partial charge on any atom is 0.368 e. The Balaban J connectivity index is 1.58. The molecule has 2 aromatic carbocycles. The smallest absolute Gasteiger partial charge is 0.368 e. The third-order valence-electron chi connectivity index (χ3n) is 4.56. The van der Waals surface area contributed by atoms with Crippen LogP contribution in [0, 0.1) is 13.8 Å². The largest absolute Gasteiger partial charge is 0.472 e. The minimum Gasteiger partial charge on any atom is -0.472 e. The first-order valence-corrected chi connectivity index (χ1v) is 8.86. The number of benzene rings is 2. The molecule has 0 aliphatic carbocycles. The lowest BCUT2D eigenvalue weighted by molar-refractivity contribution is 0.290. The Morgan fingerprint density at radius 1 is 1.00 bits per heavy atom. The highest BCUT2D eigenvalue weighted by Crippen LogP contribution is 2.20. The molecule has 0 saturated heterocycles. The molecule has 4 rings (SSSR count). The van der Waals surface area contributed by atoms with Gasteiger partial charge in [0.25, 0.3) is 0 Å². The molecule has 0 amide bonds. The van der Waals surface area contributed by atoms with Crippen molar-refractivity contribution in [3.63, 3.8) is 0 Å². The molecule has 2 heterocycles. The predicted octanol–water partition coefficient (Wildman–Crippen LogP) is 2.35. The third kappa shape index (κ3) is 3.32. The van der Waals surface area contributed by atoms with Gasteiger partial charge in [-0.05, 0) is 48.0 Å². The molecule has 142 valence electrons. The van der Waals surface area contributed by atoms with Crippen molar-refractivity contribution in [1.29, 1.82) is 0 Å². The quantitative estimate of drug-likeness (QED) is 0.534. The summed E-state index contributed by atoms with van der Waals surface area (Å²) in [5, 5.41) is 12.2. The number of rotatable bonds is 5. The van der Waals surface area contributed by atoms with Gasteiger partial charge in [-0.15, -0.1) is 5.10 Å². The monoisotopic (exact) mass is 376 g/mol. The highest BCUT2D eigenvalue weighted by Gasteiger charge is 2.14. The van der Waals surface area contributed by atoms with Gasteiger partial charge < -0.3 is 4.74 Å². The van der Waals surface area contributed by atoms with Gasteiger partial charge in [0.15, 0.2) is 0 Å². The van der Waals surface area contributed by atoms with Crippen LogP contribution in [0.2, 0.25) is 0 Å². The van der Waals surface area contributed by atoms with E-state index >= 15 is 0 Å². The first-order valence-electron chi connectivity index (χ1n) is 8.86. The summed E-state index contributed by atoms with van der Waals surface area (Å²) in [5.74, 6) is 0.501. The van der Waals surface area contributed by atoms with E-state index in [0.29, 0.717) is 11.6 Å². The van der Waals surface area contributed by atoms with Crippen molar-refractivity contribution in [2.24, 2.45) is 7.05 Å². The zero-order valence-electron chi connectivity index (χ0n) is 15.9. The number of hydrogen-bond donors (Lipinski definition) is 0. The molecule has 2 aromatic heterocycles. The molecular weight excluding hydrogens is 356 g/mol. The molecule has 0 unspecified atom stereocenters. The van der Waals surface area contributed by atoms with E-state index in [1.54, 1.807) is 11.7 Å². The Morgan fingerprint density at radius 2 is 1.79 bits per heavy atom. The lowest BCUT2D eigenvalue weighted by Gasteiger charge is -2.11. The zero-order chi connectivity index (χ0) is 19.7. The summed E-state index contributed by atoms with van der Waals surface area (Å²) in [6.45, 7) is 4.27. The average molecular weight is 376 g/mol. The second kappa shape index (κ2) is 7.15. The van der Waals surface area contributed by atoms with Gasteiger partial charge in [0.2, 0.25) is 5.88 Å². The van der Waals surface area contributed by atoms with Gasteiger partial charge in [-0.25, -0.2) is 9.48 Å². The molecule has 0 aliphatic rings. The standard InChI is InChI=1S/C20H20N6O2/c1-14-7-9-16(10-8-14)25-12-11-19(21-25)28-13-17-15(2)5-4-6-18(17)26-20(27)24(3)22-23-26/h4-12H,13H2,1-3H3. The van der Waals surface area contributed by atoms with Crippen molar-refractivity contribution in [2.45, 2.75) is 20.5 Å². The van der Waals surface area contributed by atoms with Crippen LogP contribution in [0.25, 0.3) is 11.4 Å². The topological polar surface area (TPSA) is 79.8 Å². The molecule has 0 spiro atoms. The fourth-order valence-electron chi connectivity index (χ4n) is 2.91. The van der Waals surface area contributed by atoms with Crippen molar-refractivity contribution >= 4 is 0 Å². The van der Waals surface area contributed by atoms with Crippen molar-refractivity contribution < 1.29 is 4.74 Å². The summed E-state index contributed by atoms with van der Waals surface area (Å²) in [6.07, 6.45) is 1.85. The van der Waals surface area contributed by atoms with Crippen LogP contribution < -0.4 is 10.4 Å². The highest BCUT2D eigenvalue weighted by atomic mass is 16.5. The lowest BCUT2D eigenvalue weighted by atomic mass is 10.1. The van der Waals surface area contributed by atoms with Crippen molar-refractivity contribution in [1.82, 2.24) is 29.6 Å². The summed E-state index contributed by atoms with van der Waals surface area (Å²) in [5.41, 5.74) is 4.34. The maximum absolute atomic E-state index is 12.2. The van der Waals surface area contributed by atoms with Crippen LogP contribution in [0.15, 0.2) is 59.5 Å². The van der Waals surface area contributed by atoms with Crippen LogP contribution in [0.1, 0.15) is 16.7 Å². The molecule has 0 atom stereocenters. The van der Waals surface area contributed by atoms with E-state index in [1.807, 2.05) is 68.6 Å². The van der Waals surface area contributed by atoms with E-state index < -0.39 is 0 Å². The molecule has 8 heteroatoms. The molecule has 0 radical (unpaired) electrons. The fourth-order valence-corrected chi connectivity index (χ4v) is 2.91. The van der Waals surface area contributed by atoms with Crippen LogP contribution in [0.3, 0.4) is 0 Å². The Labute approximate surface area is 161 Å². The Bertz CT molecular complexity index is 1170. The number of nitrogens with zero attached hydrogens (tertiary/aromatic N) is 6. The van der Waals surface area contributed by atoms with Gasteiger partial charge in [0.05, 0.1) is 11.4 Å². The number of aromatic nitrogens is 6. The minimum atomic E-state index is -0.310. The maximum atomic E-state index is 12.2. The highest BCUT2D eigenvalue weighted by molar-refractivity contribution is 5.44. The molecule has 0 fully saturated rings. The number of hydrogen-bond acceptors (Lipinski definition) is 5. The summed E-state index contributed by atoms with van der Waals surface area (Å²) >= 11 is 0. The number of aryl methyl sites for hydroxylation is 3. The van der Waals surface area contributed by atoms with Crippen LogP contribution in [-0.2, 0) is 13.7 Å². The van der Waals surface area contributed by atoms with Crippen molar-refractivity contribution in [2.75, 3.05) is 0 Å². The van der Waals surface area contributed by atoms with Crippen LogP contribution in [0.4, 0.5) is 0 Å². The molecule has 0 aliphatic heterocycles. The van der Waals surface area contributed by atoms with E-state index in [2.05, 4.69) is 15.5 Å². The van der Waals surface area contributed by atoms with E-state index in [0.717, 1.165) is 16.8 Å². The average Bonchev–Trinajstić information content (AvgIpc) is 3.29. The minimum absolute atomic E-state index is 0.260. The van der Waals surface area contributed by atoms with Crippen LogP contribution in [-0.4, -0.2) is 29.6 Å². The van der Waals surface area contributed by atoms with Crippen LogP contribution >= 0.6 is 0 Å². The predicted molar refractivity (Wildman–Crippen MR) is 104 cm³/mol. The van der Waals surface area contributed by atoms with Crippen molar-refractivity contribution in [3.8, 4) is 17.3 Å². The SMILES string of the molecule is Cc1ccc(-n2ccc(OCc3c(C)cccc3-n3nnn(C)c3=O)n2)cc1. The Hall–Kier alpha value is -3.68. The van der Waals surface area contributed by atoms with E-state index in [9.17, 15) is 4.79 Å². The summed E-state index contributed by atoms with van der Waals surface area (Å²) in [6, 6.07) is 15.6. The molecule has 28 heavy (non-hydrogen) atoms. The van der Waals surface area contributed by atoms with Gasteiger partial charge in [-0.2, -0.15) is 9.36 Å². The molecule has 8 nitrogen and oxygen atoms in total. The van der Waals surface area contributed by atoms with Crippen molar-refractivity contribution in [3.05, 3.63) is 81.9 Å². The van der Waals surface area contributed by atoms with Gasteiger partial charge in [0, 0.05) is 24.9 Å². The summed E-state index contributed by atoms with van der Waals surface area (Å²) in [7, 11) is 1.56. The summed E-state index contributed by atoms with van der Waals surface area (Å²) in [4.78, 5) is 12.2. The Morgan fingerprint density at radius 3 is 2.50 bits per heavy atom. The second-order valence-corrected chi connectivity index (χ2v) is 6.59. The first-order chi connectivity index (χ1) is 13.5. The molecular formula is C20H20N6O2.